The monoisotopic (exact) mass is 271 g/mol. The van der Waals surface area contributed by atoms with Gasteiger partial charge < -0.3 is 5.32 Å². The number of aryl methyl sites for hydroxylation is 1. The van der Waals surface area contributed by atoms with Crippen LogP contribution in [0.25, 0.3) is 0 Å². The molecule has 0 aliphatic heterocycles. The van der Waals surface area contributed by atoms with Gasteiger partial charge in [-0.2, -0.15) is 0 Å². The van der Waals surface area contributed by atoms with Crippen molar-refractivity contribution in [1.29, 1.82) is 0 Å². The third kappa shape index (κ3) is 3.60. The molecule has 1 N–H and O–H groups in total. The third-order valence-electron chi connectivity index (χ3n) is 3.67. The molecule has 2 aromatic rings. The Hall–Kier alpha value is -1.83. The Morgan fingerprint density at radius 3 is 2.40 bits per heavy atom. The molecule has 0 spiro atoms. The van der Waals surface area contributed by atoms with Gasteiger partial charge in [-0.15, -0.1) is 0 Å². The van der Waals surface area contributed by atoms with E-state index in [0.717, 1.165) is 12.1 Å². The summed E-state index contributed by atoms with van der Waals surface area (Å²) in [5, 5.41) is 3.26. The van der Waals surface area contributed by atoms with Crippen molar-refractivity contribution in [1.82, 2.24) is 0 Å². The number of hydrogen-bond donors (Lipinski definition) is 1. The van der Waals surface area contributed by atoms with Gasteiger partial charge in [0.25, 0.3) is 0 Å². The first-order valence-electron chi connectivity index (χ1n) is 7.13. The molecular weight excluding hydrogens is 249 g/mol. The summed E-state index contributed by atoms with van der Waals surface area (Å²) in [6.45, 7) is 7.11. The lowest BCUT2D eigenvalue weighted by molar-refractivity contribution is 0.515. The van der Waals surface area contributed by atoms with E-state index in [0.29, 0.717) is 17.5 Å². The molecule has 0 aromatic heterocycles. The Kier molecular flexibility index (Phi) is 4.78. The van der Waals surface area contributed by atoms with Crippen molar-refractivity contribution in [3.8, 4) is 0 Å². The van der Waals surface area contributed by atoms with E-state index in [1.807, 2.05) is 19.1 Å². The Morgan fingerprint density at radius 1 is 1.05 bits per heavy atom. The summed E-state index contributed by atoms with van der Waals surface area (Å²) < 4.78 is 13.8. The SMILES string of the molecule is Cc1ccc(F)c(NCC(c2ccccc2)C(C)C)c1. The molecule has 20 heavy (non-hydrogen) atoms. The maximum Gasteiger partial charge on any atom is 0.146 e. The molecule has 2 aromatic carbocycles. The molecule has 0 fully saturated rings. The quantitative estimate of drug-likeness (QED) is 0.808. The summed E-state index contributed by atoms with van der Waals surface area (Å²) in [4.78, 5) is 0. The molecule has 2 rings (SSSR count). The van der Waals surface area contributed by atoms with E-state index in [1.165, 1.54) is 11.6 Å². The average molecular weight is 271 g/mol. The molecule has 0 amide bonds. The first-order chi connectivity index (χ1) is 9.58. The summed E-state index contributed by atoms with van der Waals surface area (Å²) in [6, 6.07) is 15.6. The minimum atomic E-state index is -0.189. The van der Waals surface area contributed by atoms with E-state index >= 15 is 0 Å². The van der Waals surface area contributed by atoms with E-state index < -0.39 is 0 Å². The van der Waals surface area contributed by atoms with Crippen LogP contribution in [0.1, 0.15) is 30.9 Å². The van der Waals surface area contributed by atoms with Crippen molar-refractivity contribution < 1.29 is 4.39 Å². The Bertz CT molecular complexity index is 549. The van der Waals surface area contributed by atoms with Crippen LogP contribution in [-0.2, 0) is 0 Å². The maximum absolute atomic E-state index is 13.8. The summed E-state index contributed by atoms with van der Waals surface area (Å²) >= 11 is 0. The lowest BCUT2D eigenvalue weighted by Crippen LogP contribution is -2.18. The fourth-order valence-electron chi connectivity index (χ4n) is 2.43. The van der Waals surface area contributed by atoms with Crippen molar-refractivity contribution >= 4 is 5.69 Å². The highest BCUT2D eigenvalue weighted by Crippen LogP contribution is 2.25. The topological polar surface area (TPSA) is 12.0 Å². The van der Waals surface area contributed by atoms with E-state index in [9.17, 15) is 4.39 Å². The molecule has 0 aliphatic carbocycles. The van der Waals surface area contributed by atoms with Crippen molar-refractivity contribution in [2.24, 2.45) is 5.92 Å². The van der Waals surface area contributed by atoms with Crippen LogP contribution in [0.5, 0.6) is 0 Å². The molecule has 1 unspecified atom stereocenters. The lowest BCUT2D eigenvalue weighted by Gasteiger charge is -2.22. The number of rotatable bonds is 5. The van der Waals surface area contributed by atoms with Crippen molar-refractivity contribution in [3.05, 3.63) is 65.5 Å². The zero-order valence-corrected chi connectivity index (χ0v) is 12.4. The Labute approximate surface area is 120 Å². The standard InChI is InChI=1S/C18H22FN/c1-13(2)16(15-7-5-4-6-8-15)12-20-18-11-14(3)9-10-17(18)19/h4-11,13,16,20H,12H2,1-3H3. The smallest absolute Gasteiger partial charge is 0.146 e. The van der Waals surface area contributed by atoms with Gasteiger partial charge in [-0.3, -0.25) is 0 Å². The summed E-state index contributed by atoms with van der Waals surface area (Å²) in [7, 11) is 0. The molecule has 2 heteroatoms. The maximum atomic E-state index is 13.8. The van der Waals surface area contributed by atoms with Crippen LogP contribution in [0.4, 0.5) is 10.1 Å². The molecule has 0 saturated heterocycles. The van der Waals surface area contributed by atoms with E-state index in [4.69, 9.17) is 0 Å². The number of anilines is 1. The first-order valence-corrected chi connectivity index (χ1v) is 7.13. The lowest BCUT2D eigenvalue weighted by atomic mass is 9.88. The van der Waals surface area contributed by atoms with Crippen LogP contribution < -0.4 is 5.32 Å². The van der Waals surface area contributed by atoms with Gasteiger partial charge in [0.1, 0.15) is 5.82 Å². The highest BCUT2D eigenvalue weighted by molar-refractivity contribution is 5.47. The molecule has 0 aliphatic rings. The van der Waals surface area contributed by atoms with Crippen molar-refractivity contribution in [3.63, 3.8) is 0 Å². The van der Waals surface area contributed by atoms with Gasteiger partial charge in [-0.05, 0) is 36.1 Å². The van der Waals surface area contributed by atoms with Gasteiger partial charge in [0, 0.05) is 12.5 Å². The molecule has 1 nitrogen and oxygen atoms in total. The predicted octanol–water partition coefficient (Wildman–Crippen LogP) is 4.99. The number of benzene rings is 2. The molecular formula is C18H22FN. The molecule has 0 saturated carbocycles. The number of halogens is 1. The van der Waals surface area contributed by atoms with Gasteiger partial charge in [0.2, 0.25) is 0 Å². The minimum absolute atomic E-state index is 0.189. The molecule has 0 bridgehead atoms. The second kappa shape index (κ2) is 6.56. The van der Waals surface area contributed by atoms with Crippen molar-refractivity contribution in [2.45, 2.75) is 26.7 Å². The predicted molar refractivity (Wildman–Crippen MR) is 83.6 cm³/mol. The molecule has 0 heterocycles. The Morgan fingerprint density at radius 2 is 1.75 bits per heavy atom. The fourth-order valence-corrected chi connectivity index (χ4v) is 2.43. The molecule has 1 atom stereocenters. The van der Waals surface area contributed by atoms with Gasteiger partial charge in [-0.25, -0.2) is 4.39 Å². The van der Waals surface area contributed by atoms with Gasteiger partial charge in [-0.1, -0.05) is 50.2 Å². The van der Waals surface area contributed by atoms with E-state index in [2.05, 4.69) is 43.4 Å². The Balaban J connectivity index is 2.12. The average Bonchev–Trinajstić information content (AvgIpc) is 2.43. The van der Waals surface area contributed by atoms with E-state index in [-0.39, 0.29) is 5.82 Å². The fraction of sp³-hybridized carbons (Fsp3) is 0.333. The van der Waals surface area contributed by atoms with E-state index in [1.54, 1.807) is 6.07 Å². The van der Waals surface area contributed by atoms with Crippen LogP contribution in [0.2, 0.25) is 0 Å². The van der Waals surface area contributed by atoms with Crippen LogP contribution in [-0.4, -0.2) is 6.54 Å². The zero-order chi connectivity index (χ0) is 14.5. The normalized spacial score (nSPS) is 12.4. The highest BCUT2D eigenvalue weighted by Gasteiger charge is 2.16. The second-order valence-corrected chi connectivity index (χ2v) is 5.63. The van der Waals surface area contributed by atoms with Crippen molar-refractivity contribution in [2.75, 3.05) is 11.9 Å². The largest absolute Gasteiger partial charge is 0.382 e. The van der Waals surface area contributed by atoms with Crippen LogP contribution in [0.15, 0.2) is 48.5 Å². The highest BCUT2D eigenvalue weighted by atomic mass is 19.1. The van der Waals surface area contributed by atoms with Gasteiger partial charge in [0.05, 0.1) is 5.69 Å². The van der Waals surface area contributed by atoms with Crippen LogP contribution in [0, 0.1) is 18.7 Å². The molecule has 106 valence electrons. The molecule has 0 radical (unpaired) electrons. The summed E-state index contributed by atoms with van der Waals surface area (Å²) in [5.41, 5.74) is 2.95. The minimum Gasteiger partial charge on any atom is -0.382 e. The number of hydrogen-bond acceptors (Lipinski definition) is 1. The third-order valence-corrected chi connectivity index (χ3v) is 3.67. The number of nitrogens with one attached hydrogen (secondary N) is 1. The zero-order valence-electron chi connectivity index (χ0n) is 12.4. The van der Waals surface area contributed by atoms with Crippen LogP contribution in [0.3, 0.4) is 0 Å². The van der Waals surface area contributed by atoms with Crippen LogP contribution >= 0.6 is 0 Å². The second-order valence-electron chi connectivity index (χ2n) is 5.63. The summed E-state index contributed by atoms with van der Waals surface area (Å²) in [6.07, 6.45) is 0. The van der Waals surface area contributed by atoms with Gasteiger partial charge >= 0.3 is 0 Å². The first kappa shape index (κ1) is 14.6. The summed E-state index contributed by atoms with van der Waals surface area (Å²) in [5.74, 6) is 0.681. The van der Waals surface area contributed by atoms with Gasteiger partial charge in [0.15, 0.2) is 0 Å².